The maximum Gasteiger partial charge on any atom is 0.324 e. The number of carbonyl (C=O) groups is 1. The molecule has 2 N–H and O–H groups in total. The van der Waals surface area contributed by atoms with E-state index < -0.39 is 11.5 Å². The summed E-state index contributed by atoms with van der Waals surface area (Å²) in [5.74, 6) is 0.102. The van der Waals surface area contributed by atoms with E-state index in [9.17, 15) is 9.90 Å². The minimum atomic E-state index is -0.820. The summed E-state index contributed by atoms with van der Waals surface area (Å²) < 4.78 is 6.04. The molecule has 1 aromatic rings. The molecule has 2 atom stereocenters. The highest BCUT2D eigenvalue weighted by Gasteiger charge is 2.46. The molecular weight excluding hydrogens is 266 g/mol. The van der Waals surface area contributed by atoms with Crippen LogP contribution in [-0.4, -0.2) is 29.3 Å². The van der Waals surface area contributed by atoms with E-state index >= 15 is 0 Å². The Balaban J connectivity index is 2.05. The van der Waals surface area contributed by atoms with Crippen molar-refractivity contribution < 1.29 is 14.6 Å². The normalized spacial score (nSPS) is 25.0. The Labute approximate surface area is 126 Å². The van der Waals surface area contributed by atoms with Crippen molar-refractivity contribution in [3.05, 3.63) is 29.3 Å². The van der Waals surface area contributed by atoms with Gasteiger partial charge in [-0.3, -0.25) is 4.79 Å². The van der Waals surface area contributed by atoms with Gasteiger partial charge in [-0.2, -0.15) is 0 Å². The lowest BCUT2D eigenvalue weighted by molar-refractivity contribution is -0.144. The van der Waals surface area contributed by atoms with Crippen molar-refractivity contribution in [2.24, 2.45) is 0 Å². The van der Waals surface area contributed by atoms with Crippen molar-refractivity contribution in [2.45, 2.75) is 58.1 Å². The van der Waals surface area contributed by atoms with Crippen LogP contribution in [0.1, 0.15) is 43.7 Å². The molecule has 0 aliphatic heterocycles. The predicted molar refractivity (Wildman–Crippen MR) is 82.8 cm³/mol. The van der Waals surface area contributed by atoms with Crippen LogP contribution >= 0.6 is 0 Å². The zero-order valence-electron chi connectivity index (χ0n) is 13.1. The highest BCUT2D eigenvalue weighted by molar-refractivity contribution is 5.79. The van der Waals surface area contributed by atoms with Crippen molar-refractivity contribution in [1.82, 2.24) is 5.32 Å². The maximum absolute atomic E-state index is 11.6. The first kappa shape index (κ1) is 15.8. The van der Waals surface area contributed by atoms with E-state index in [1.54, 1.807) is 0 Å². The number of benzene rings is 1. The van der Waals surface area contributed by atoms with Gasteiger partial charge in [0.25, 0.3) is 0 Å². The highest BCUT2D eigenvalue weighted by Crippen LogP contribution is 2.34. The van der Waals surface area contributed by atoms with Gasteiger partial charge in [0.1, 0.15) is 17.4 Å². The van der Waals surface area contributed by atoms with Crippen LogP contribution in [0.5, 0.6) is 5.75 Å². The summed E-state index contributed by atoms with van der Waals surface area (Å²) >= 11 is 0. The summed E-state index contributed by atoms with van der Waals surface area (Å²) in [6, 6.07) is 6.09. The average molecular weight is 291 g/mol. The topological polar surface area (TPSA) is 58.6 Å². The molecule has 4 nitrogen and oxygen atoms in total. The molecule has 0 bridgehead atoms. The van der Waals surface area contributed by atoms with Crippen LogP contribution in [0, 0.1) is 13.8 Å². The SMILES string of the molecule is CCCNC1(C(=O)O)CCC(Oc2ccc(C)cc2C)C1. The van der Waals surface area contributed by atoms with E-state index in [-0.39, 0.29) is 6.10 Å². The van der Waals surface area contributed by atoms with Crippen molar-refractivity contribution in [1.29, 1.82) is 0 Å². The summed E-state index contributed by atoms with van der Waals surface area (Å²) in [4.78, 5) is 11.6. The fourth-order valence-electron chi connectivity index (χ4n) is 3.01. The predicted octanol–water partition coefficient (Wildman–Crippen LogP) is 3.06. The van der Waals surface area contributed by atoms with Gasteiger partial charge in [-0.15, -0.1) is 0 Å². The number of carboxylic acid groups (broad SMARTS) is 1. The molecule has 0 saturated heterocycles. The first-order valence-electron chi connectivity index (χ1n) is 7.69. The van der Waals surface area contributed by atoms with E-state index in [2.05, 4.69) is 18.3 Å². The Bertz CT molecular complexity index is 515. The number of aryl methyl sites for hydroxylation is 2. The van der Waals surface area contributed by atoms with Crippen LogP contribution in [0.25, 0.3) is 0 Å². The molecule has 0 radical (unpaired) electrons. The van der Waals surface area contributed by atoms with Gasteiger partial charge in [-0.25, -0.2) is 0 Å². The Hall–Kier alpha value is -1.55. The zero-order chi connectivity index (χ0) is 15.5. The number of hydrogen-bond donors (Lipinski definition) is 2. The molecule has 0 amide bonds. The third-order valence-corrected chi connectivity index (χ3v) is 4.22. The highest BCUT2D eigenvalue weighted by atomic mass is 16.5. The summed E-state index contributed by atoms with van der Waals surface area (Å²) in [5, 5.41) is 12.8. The Kier molecular flexibility index (Phi) is 4.88. The second-order valence-electron chi connectivity index (χ2n) is 6.07. The van der Waals surface area contributed by atoms with Crippen LogP contribution in [0.4, 0.5) is 0 Å². The molecule has 1 fully saturated rings. The molecule has 1 aromatic carbocycles. The van der Waals surface area contributed by atoms with E-state index in [1.807, 2.05) is 26.0 Å². The van der Waals surface area contributed by atoms with Crippen LogP contribution in [-0.2, 0) is 4.79 Å². The van der Waals surface area contributed by atoms with Gasteiger partial charge < -0.3 is 15.2 Å². The molecule has 2 unspecified atom stereocenters. The van der Waals surface area contributed by atoms with E-state index in [1.165, 1.54) is 5.56 Å². The first-order valence-corrected chi connectivity index (χ1v) is 7.69. The third kappa shape index (κ3) is 3.56. The van der Waals surface area contributed by atoms with Crippen molar-refractivity contribution in [3.8, 4) is 5.75 Å². The van der Waals surface area contributed by atoms with Crippen LogP contribution in [0.15, 0.2) is 18.2 Å². The van der Waals surface area contributed by atoms with Crippen LogP contribution in [0.3, 0.4) is 0 Å². The minimum absolute atomic E-state index is 0.0353. The lowest BCUT2D eigenvalue weighted by atomic mass is 9.97. The van der Waals surface area contributed by atoms with Gasteiger partial charge in [-0.1, -0.05) is 24.6 Å². The fourth-order valence-corrected chi connectivity index (χ4v) is 3.01. The van der Waals surface area contributed by atoms with E-state index in [0.717, 1.165) is 30.7 Å². The average Bonchev–Trinajstić information content (AvgIpc) is 2.84. The van der Waals surface area contributed by atoms with E-state index in [4.69, 9.17) is 4.74 Å². The van der Waals surface area contributed by atoms with Crippen molar-refractivity contribution in [3.63, 3.8) is 0 Å². The van der Waals surface area contributed by atoms with Gasteiger partial charge in [0.2, 0.25) is 0 Å². The molecule has 2 rings (SSSR count). The molecular formula is C17H25NO3. The van der Waals surface area contributed by atoms with E-state index in [0.29, 0.717) is 12.8 Å². The molecule has 0 heterocycles. The molecule has 1 aliphatic rings. The quantitative estimate of drug-likeness (QED) is 0.845. The maximum atomic E-state index is 11.6. The van der Waals surface area contributed by atoms with Crippen LogP contribution in [0.2, 0.25) is 0 Å². The number of aliphatic carboxylic acids is 1. The first-order chi connectivity index (χ1) is 9.97. The Morgan fingerprint density at radius 2 is 2.24 bits per heavy atom. The number of ether oxygens (including phenoxy) is 1. The largest absolute Gasteiger partial charge is 0.490 e. The second-order valence-corrected chi connectivity index (χ2v) is 6.07. The molecule has 1 saturated carbocycles. The zero-order valence-corrected chi connectivity index (χ0v) is 13.1. The standard InChI is InChI=1S/C17H25NO3/c1-4-9-18-17(16(19)20)8-7-14(11-17)21-15-6-5-12(2)10-13(15)3/h5-6,10,14,18H,4,7-9,11H2,1-3H3,(H,19,20). The summed E-state index contributed by atoms with van der Waals surface area (Å²) in [6.07, 6.45) is 2.81. The van der Waals surface area contributed by atoms with Crippen molar-refractivity contribution >= 4 is 5.97 Å². The van der Waals surface area contributed by atoms with Gasteiger partial charge in [-0.05, 0) is 51.3 Å². The third-order valence-electron chi connectivity index (χ3n) is 4.22. The smallest absolute Gasteiger partial charge is 0.324 e. The molecule has 0 spiro atoms. The summed E-state index contributed by atoms with van der Waals surface area (Å²) in [6.45, 7) is 6.84. The number of nitrogens with one attached hydrogen (secondary N) is 1. The fraction of sp³-hybridized carbons (Fsp3) is 0.588. The lowest BCUT2D eigenvalue weighted by Crippen LogP contribution is -2.50. The number of carboxylic acids is 1. The number of rotatable bonds is 6. The van der Waals surface area contributed by atoms with Gasteiger partial charge in [0.15, 0.2) is 0 Å². The summed E-state index contributed by atoms with van der Waals surface area (Å²) in [7, 11) is 0. The van der Waals surface area contributed by atoms with Crippen molar-refractivity contribution in [2.75, 3.05) is 6.54 Å². The molecule has 116 valence electrons. The van der Waals surface area contributed by atoms with Gasteiger partial charge >= 0.3 is 5.97 Å². The summed E-state index contributed by atoms with van der Waals surface area (Å²) in [5.41, 5.74) is 1.49. The van der Waals surface area contributed by atoms with Crippen LogP contribution < -0.4 is 10.1 Å². The monoisotopic (exact) mass is 291 g/mol. The molecule has 1 aliphatic carbocycles. The Morgan fingerprint density at radius 1 is 1.48 bits per heavy atom. The van der Waals surface area contributed by atoms with Gasteiger partial charge in [0.05, 0.1) is 0 Å². The lowest BCUT2D eigenvalue weighted by Gasteiger charge is -2.26. The molecule has 21 heavy (non-hydrogen) atoms. The second kappa shape index (κ2) is 6.48. The minimum Gasteiger partial charge on any atom is -0.490 e. The molecule has 0 aromatic heterocycles. The Morgan fingerprint density at radius 3 is 2.86 bits per heavy atom. The molecule has 4 heteroatoms. The number of hydrogen-bond acceptors (Lipinski definition) is 3. The van der Waals surface area contributed by atoms with Gasteiger partial charge in [0, 0.05) is 6.42 Å².